The van der Waals surface area contributed by atoms with E-state index in [9.17, 15) is 4.79 Å². The summed E-state index contributed by atoms with van der Waals surface area (Å²) in [6.45, 7) is 17.9. The monoisotopic (exact) mass is 769 g/mol. The molecule has 0 radical (unpaired) electrons. The second-order valence-corrected chi connectivity index (χ2v) is 23.0. The quantitative estimate of drug-likeness (QED) is 0.0810. The maximum absolute atomic E-state index is 16.7. The van der Waals surface area contributed by atoms with Gasteiger partial charge in [-0.1, -0.05) is 61.5 Å². The van der Waals surface area contributed by atoms with Crippen LogP contribution >= 0.6 is 38.5 Å². The maximum Gasteiger partial charge on any atom is 0.312 e. The van der Waals surface area contributed by atoms with E-state index in [1.165, 1.54) is 0 Å². The van der Waals surface area contributed by atoms with Gasteiger partial charge < -0.3 is 4.74 Å². The molecular weight excluding hydrogens is 724 g/mol. The van der Waals surface area contributed by atoms with Crippen molar-refractivity contribution in [2.24, 2.45) is 14.8 Å². The van der Waals surface area contributed by atoms with Gasteiger partial charge in [-0.05, 0) is 87.0 Å². The molecule has 40 heavy (non-hydrogen) atoms. The van der Waals surface area contributed by atoms with Gasteiger partial charge in [0.25, 0.3) is 0 Å². The first-order valence-electron chi connectivity index (χ1n) is 14.3. The Hall–Kier alpha value is -0.403. The summed E-state index contributed by atoms with van der Waals surface area (Å²) in [4.78, 5) is 22.7. The Morgan fingerprint density at radius 2 is 1.77 bits per heavy atom. The highest BCUT2D eigenvalue weighted by Crippen LogP contribution is 2.49. The predicted molar refractivity (Wildman–Crippen MR) is 179 cm³/mol. The minimum absolute atomic E-state index is 0.0425. The normalized spacial score (nSPS) is 25.8. The van der Waals surface area contributed by atoms with E-state index in [0.717, 1.165) is 40.6 Å². The van der Waals surface area contributed by atoms with E-state index < -0.39 is 39.7 Å². The summed E-state index contributed by atoms with van der Waals surface area (Å²) in [5, 5.41) is 0.733. The molecule has 0 bridgehead atoms. The summed E-state index contributed by atoms with van der Waals surface area (Å²) in [6, 6.07) is 4.57. The predicted octanol–water partition coefficient (Wildman–Crippen LogP) is 7.56. The summed E-state index contributed by atoms with van der Waals surface area (Å²) < 4.78 is 42.8. The van der Waals surface area contributed by atoms with Crippen molar-refractivity contribution >= 4 is 73.2 Å². The van der Waals surface area contributed by atoms with Crippen molar-refractivity contribution in [2.45, 2.75) is 116 Å². The molecule has 1 fully saturated rings. The van der Waals surface area contributed by atoms with Crippen molar-refractivity contribution in [3.05, 3.63) is 22.2 Å². The van der Waals surface area contributed by atoms with Crippen LogP contribution in [0.15, 0.2) is 20.0 Å². The SMILES string of the molecule is CC[Si](CC)(CC)c1cc(Br)nc([C@]2(C)C[S@](=O)(=NCC3(CI)CC3)C(C)(C)C(CC(=O)OC(C)(C)C)=N2)c1F. The number of aliphatic imine (C=N–C) groups is 1. The molecule has 0 unspecified atom stereocenters. The largest absolute Gasteiger partial charge is 0.460 e. The number of carbonyl (C=O) groups is 1. The molecule has 2 atom stereocenters. The van der Waals surface area contributed by atoms with Crippen molar-refractivity contribution in [2.75, 3.05) is 16.7 Å². The fourth-order valence-corrected chi connectivity index (χ4v) is 13.6. The number of ether oxygens (including phenoxy) is 1. The number of rotatable bonds is 10. The van der Waals surface area contributed by atoms with Crippen LogP contribution in [0.1, 0.15) is 87.3 Å². The van der Waals surface area contributed by atoms with Gasteiger partial charge in [-0.15, -0.1) is 0 Å². The van der Waals surface area contributed by atoms with Crippen LogP contribution in [0.2, 0.25) is 18.1 Å². The van der Waals surface area contributed by atoms with Gasteiger partial charge in [-0.25, -0.2) is 17.9 Å². The van der Waals surface area contributed by atoms with Gasteiger partial charge in [0.2, 0.25) is 0 Å². The molecule has 2 heterocycles. The molecule has 1 aromatic rings. The molecule has 1 saturated carbocycles. The van der Waals surface area contributed by atoms with Crippen molar-refractivity contribution < 1.29 is 18.1 Å². The number of nitrogens with zero attached hydrogens (tertiary/aromatic N) is 3. The topological polar surface area (TPSA) is 81.0 Å². The number of alkyl halides is 1. The second-order valence-electron chi connectivity index (χ2n) is 13.3. The lowest BCUT2D eigenvalue weighted by Crippen LogP contribution is -2.54. The summed E-state index contributed by atoms with van der Waals surface area (Å²) >= 11 is 5.94. The smallest absolute Gasteiger partial charge is 0.312 e. The standard InChI is InChI=1S/C29H46BrFIN3O3SSi/c1-10-40(11-2,12-3)20-15-22(30)34-25(24(20)31)28(9)19-39(37,33-18-29(17-32)13-14-29)27(7,8)21(35-28)16-23(36)38-26(4,5)6/h15H,10-14,16-19H2,1-9H3/t28-,39+/m0/s1. The van der Waals surface area contributed by atoms with E-state index in [-0.39, 0.29) is 29.1 Å². The van der Waals surface area contributed by atoms with Crippen LogP contribution in [0.3, 0.4) is 0 Å². The lowest BCUT2D eigenvalue weighted by Gasteiger charge is -2.42. The van der Waals surface area contributed by atoms with Crippen LogP contribution in [0.4, 0.5) is 4.39 Å². The third-order valence-electron chi connectivity index (χ3n) is 8.97. The van der Waals surface area contributed by atoms with Gasteiger partial charge in [0.05, 0.1) is 41.3 Å². The number of aromatic nitrogens is 1. The van der Waals surface area contributed by atoms with Crippen LogP contribution in [0, 0.1) is 11.2 Å². The molecule has 2 aliphatic rings. The number of esters is 1. The van der Waals surface area contributed by atoms with Crippen LogP contribution in [-0.4, -0.2) is 56.0 Å². The average molecular weight is 771 g/mol. The van der Waals surface area contributed by atoms with Gasteiger partial charge in [0, 0.05) is 10.1 Å². The molecule has 11 heteroatoms. The Bertz CT molecular complexity index is 1290. The van der Waals surface area contributed by atoms with Crippen molar-refractivity contribution in [1.29, 1.82) is 0 Å². The molecular formula is C29H46BrFIN3O3SSi. The molecule has 0 spiro atoms. The van der Waals surface area contributed by atoms with Crippen molar-refractivity contribution in [1.82, 2.24) is 4.98 Å². The molecule has 1 aromatic heterocycles. The fraction of sp³-hybridized carbons (Fsp3) is 0.759. The third kappa shape index (κ3) is 6.71. The lowest BCUT2D eigenvalue weighted by atomic mass is 9.95. The zero-order valence-electron chi connectivity index (χ0n) is 25.5. The first-order valence-corrected chi connectivity index (χ1v) is 20.9. The summed E-state index contributed by atoms with van der Waals surface area (Å²) in [6.07, 6.45) is 1.99. The van der Waals surface area contributed by atoms with Crippen LogP contribution in [0.5, 0.6) is 0 Å². The number of hydrogen-bond donors (Lipinski definition) is 0. The van der Waals surface area contributed by atoms with E-state index >= 15 is 8.60 Å². The summed E-state index contributed by atoms with van der Waals surface area (Å²) in [5.74, 6) is -0.759. The highest BCUT2D eigenvalue weighted by Gasteiger charge is 2.51. The molecule has 0 amide bonds. The number of carbonyl (C=O) groups excluding carboxylic acids is 1. The van der Waals surface area contributed by atoms with Crippen LogP contribution in [-0.2, 0) is 24.8 Å². The van der Waals surface area contributed by atoms with Gasteiger partial charge in [-0.3, -0.25) is 9.79 Å². The Kier molecular flexibility index (Phi) is 10.2. The second kappa shape index (κ2) is 11.9. The molecule has 226 valence electrons. The lowest BCUT2D eigenvalue weighted by molar-refractivity contribution is -0.153. The Morgan fingerprint density at radius 1 is 1.20 bits per heavy atom. The van der Waals surface area contributed by atoms with Gasteiger partial charge in [0.15, 0.2) is 0 Å². The minimum Gasteiger partial charge on any atom is -0.460 e. The Balaban J connectivity index is 2.27. The summed E-state index contributed by atoms with van der Waals surface area (Å²) in [7, 11) is -5.12. The van der Waals surface area contributed by atoms with Crippen LogP contribution in [0.25, 0.3) is 0 Å². The number of pyridine rings is 1. The highest BCUT2D eigenvalue weighted by molar-refractivity contribution is 14.1. The van der Waals surface area contributed by atoms with E-state index in [1.54, 1.807) is 6.92 Å². The molecule has 0 saturated heterocycles. The highest BCUT2D eigenvalue weighted by atomic mass is 127. The first-order chi connectivity index (χ1) is 18.4. The van der Waals surface area contributed by atoms with E-state index in [2.05, 4.69) is 64.3 Å². The fourth-order valence-electron chi connectivity index (χ4n) is 5.62. The van der Waals surface area contributed by atoms with E-state index in [4.69, 9.17) is 14.1 Å². The van der Waals surface area contributed by atoms with Crippen molar-refractivity contribution in [3.8, 4) is 0 Å². The van der Waals surface area contributed by atoms with Gasteiger partial charge in [0.1, 0.15) is 27.3 Å². The molecule has 3 rings (SSSR count). The zero-order chi connectivity index (χ0) is 30.4. The maximum atomic E-state index is 16.7. The minimum atomic E-state index is -2.99. The molecule has 0 aromatic carbocycles. The molecule has 1 aliphatic carbocycles. The summed E-state index contributed by atoms with van der Waals surface area (Å²) in [5.41, 5.74) is -1.24. The third-order valence-corrected chi connectivity index (χ3v) is 19.9. The van der Waals surface area contributed by atoms with Crippen molar-refractivity contribution in [3.63, 3.8) is 0 Å². The van der Waals surface area contributed by atoms with Crippen LogP contribution < -0.4 is 5.19 Å². The number of halogens is 3. The molecule has 0 N–H and O–H groups in total. The van der Waals surface area contributed by atoms with E-state index in [0.29, 0.717) is 16.9 Å². The average Bonchev–Trinajstić information content (AvgIpc) is 3.64. The van der Waals surface area contributed by atoms with E-state index in [1.807, 2.05) is 40.7 Å². The van der Waals surface area contributed by atoms with Gasteiger partial charge in [-0.2, -0.15) is 0 Å². The Labute approximate surface area is 264 Å². The first kappa shape index (κ1) is 34.1. The van der Waals surface area contributed by atoms with Gasteiger partial charge >= 0.3 is 5.97 Å². The molecule has 1 aliphatic heterocycles. The zero-order valence-corrected chi connectivity index (χ0v) is 31.1. The Morgan fingerprint density at radius 3 is 2.25 bits per heavy atom. The number of hydrogen-bond acceptors (Lipinski definition) is 6. The molecule has 6 nitrogen and oxygen atoms in total.